The highest BCUT2D eigenvalue weighted by atomic mass is 35.5. The monoisotopic (exact) mass is 296 g/mol. The van der Waals surface area contributed by atoms with Gasteiger partial charge in [0.2, 0.25) is 0 Å². The Hall–Kier alpha value is -1.33. The maximum atomic E-state index is 12.2. The Morgan fingerprint density at radius 1 is 1.50 bits per heavy atom. The Labute approximate surface area is 124 Å². The Morgan fingerprint density at radius 2 is 2.30 bits per heavy atom. The van der Waals surface area contributed by atoms with Crippen molar-refractivity contribution in [2.45, 2.75) is 25.3 Å². The number of hydrogen-bond donors (Lipinski definition) is 2. The van der Waals surface area contributed by atoms with E-state index in [4.69, 9.17) is 11.6 Å². The molecule has 0 bridgehead atoms. The molecule has 20 heavy (non-hydrogen) atoms. The van der Waals surface area contributed by atoms with Gasteiger partial charge in [-0.05, 0) is 38.6 Å². The fraction of sp³-hybridized carbons (Fsp3) is 0.571. The average Bonchev–Trinajstić information content (AvgIpc) is 2.45. The number of aromatic nitrogens is 1. The molecule has 1 atom stereocenters. The van der Waals surface area contributed by atoms with Crippen LogP contribution in [0.4, 0.5) is 5.82 Å². The van der Waals surface area contributed by atoms with E-state index in [9.17, 15) is 4.79 Å². The lowest BCUT2D eigenvalue weighted by Crippen LogP contribution is -2.44. The average molecular weight is 297 g/mol. The molecule has 0 aliphatic carbocycles. The van der Waals surface area contributed by atoms with Crippen LogP contribution in [-0.4, -0.2) is 49.0 Å². The smallest absolute Gasteiger partial charge is 0.251 e. The highest BCUT2D eigenvalue weighted by molar-refractivity contribution is 6.29. The first-order valence-electron chi connectivity index (χ1n) is 6.94. The largest absolute Gasteiger partial charge is 0.373 e. The number of nitrogens with zero attached hydrogens (tertiary/aromatic N) is 2. The van der Waals surface area contributed by atoms with Crippen LogP contribution in [0.25, 0.3) is 0 Å². The molecule has 0 saturated carbocycles. The summed E-state index contributed by atoms with van der Waals surface area (Å²) in [7, 11) is 3.86. The maximum Gasteiger partial charge on any atom is 0.251 e. The molecule has 110 valence electrons. The molecule has 1 saturated heterocycles. The van der Waals surface area contributed by atoms with Crippen LogP contribution in [-0.2, 0) is 0 Å². The highest BCUT2D eigenvalue weighted by Crippen LogP contribution is 2.16. The molecule has 1 aromatic heterocycles. The summed E-state index contributed by atoms with van der Waals surface area (Å²) in [5.41, 5.74) is 0.535. The third kappa shape index (κ3) is 3.84. The minimum absolute atomic E-state index is 0.107. The molecular formula is C14H21ClN4O. The van der Waals surface area contributed by atoms with Gasteiger partial charge in [0.25, 0.3) is 5.91 Å². The molecule has 1 aliphatic rings. The van der Waals surface area contributed by atoms with Crippen LogP contribution >= 0.6 is 11.6 Å². The van der Waals surface area contributed by atoms with Gasteiger partial charge in [0.15, 0.2) is 0 Å². The van der Waals surface area contributed by atoms with Gasteiger partial charge >= 0.3 is 0 Å². The molecule has 1 aliphatic heterocycles. The van der Waals surface area contributed by atoms with E-state index in [0.29, 0.717) is 29.1 Å². The van der Waals surface area contributed by atoms with Crippen molar-refractivity contribution in [1.82, 2.24) is 15.2 Å². The second-order valence-electron chi connectivity index (χ2n) is 5.15. The van der Waals surface area contributed by atoms with Crippen molar-refractivity contribution >= 4 is 23.3 Å². The van der Waals surface area contributed by atoms with E-state index in [-0.39, 0.29) is 5.91 Å². The van der Waals surface area contributed by atoms with Gasteiger partial charge in [0, 0.05) is 25.2 Å². The molecule has 2 heterocycles. The van der Waals surface area contributed by atoms with E-state index in [1.165, 1.54) is 12.8 Å². The number of hydrogen-bond acceptors (Lipinski definition) is 4. The summed E-state index contributed by atoms with van der Waals surface area (Å²) in [6, 6.07) is 3.71. The van der Waals surface area contributed by atoms with E-state index < -0.39 is 0 Å². The first-order chi connectivity index (χ1) is 9.60. The summed E-state index contributed by atoms with van der Waals surface area (Å²) in [6.45, 7) is 1.77. The predicted octanol–water partition coefficient (Wildman–Crippen LogP) is 1.99. The predicted molar refractivity (Wildman–Crippen MR) is 81.4 cm³/mol. The molecule has 6 heteroatoms. The van der Waals surface area contributed by atoms with E-state index in [1.54, 1.807) is 19.2 Å². The van der Waals surface area contributed by atoms with E-state index in [2.05, 4.69) is 27.6 Å². The Kier molecular flexibility index (Phi) is 5.20. The molecule has 1 amide bonds. The van der Waals surface area contributed by atoms with Gasteiger partial charge in [0.1, 0.15) is 11.0 Å². The minimum Gasteiger partial charge on any atom is -0.373 e. The lowest BCUT2D eigenvalue weighted by Gasteiger charge is -2.32. The molecule has 0 radical (unpaired) electrons. The minimum atomic E-state index is -0.107. The number of pyridine rings is 1. The van der Waals surface area contributed by atoms with Crippen molar-refractivity contribution in [2.24, 2.45) is 0 Å². The fourth-order valence-corrected chi connectivity index (χ4v) is 2.68. The molecular weight excluding hydrogens is 276 g/mol. The maximum absolute atomic E-state index is 12.2. The molecule has 1 aromatic rings. The number of anilines is 1. The molecule has 1 unspecified atom stereocenters. The molecule has 0 aromatic carbocycles. The Morgan fingerprint density at radius 3 is 3.00 bits per heavy atom. The second-order valence-corrected chi connectivity index (χ2v) is 5.54. The summed E-state index contributed by atoms with van der Waals surface area (Å²) in [6.07, 6.45) is 3.61. The number of piperidine rings is 1. The first kappa shape index (κ1) is 15.1. The van der Waals surface area contributed by atoms with Gasteiger partial charge in [-0.15, -0.1) is 0 Å². The third-order valence-electron chi connectivity index (χ3n) is 3.73. The zero-order valence-corrected chi connectivity index (χ0v) is 12.7. The molecule has 5 nitrogen and oxygen atoms in total. The highest BCUT2D eigenvalue weighted by Gasteiger charge is 2.19. The van der Waals surface area contributed by atoms with Crippen molar-refractivity contribution in [1.29, 1.82) is 0 Å². The van der Waals surface area contributed by atoms with Gasteiger partial charge in [-0.25, -0.2) is 4.98 Å². The molecule has 2 N–H and O–H groups in total. The van der Waals surface area contributed by atoms with Gasteiger partial charge in [0.05, 0.1) is 0 Å². The van der Waals surface area contributed by atoms with Gasteiger partial charge in [-0.1, -0.05) is 18.0 Å². The normalized spacial score (nSPS) is 19.6. The van der Waals surface area contributed by atoms with Crippen LogP contribution in [0, 0.1) is 0 Å². The Bertz CT molecular complexity index is 480. The van der Waals surface area contributed by atoms with Crippen molar-refractivity contribution in [3.63, 3.8) is 0 Å². The van der Waals surface area contributed by atoms with Crippen LogP contribution in [0.2, 0.25) is 5.15 Å². The number of rotatable bonds is 4. The van der Waals surface area contributed by atoms with Gasteiger partial charge in [-0.2, -0.15) is 0 Å². The topological polar surface area (TPSA) is 57.3 Å². The number of nitrogens with one attached hydrogen (secondary N) is 2. The van der Waals surface area contributed by atoms with Crippen LogP contribution in [0.1, 0.15) is 29.6 Å². The number of halogens is 1. The SMILES string of the molecule is CNc1cc(C(=O)NCC2CCCCN2C)cc(Cl)n1. The number of likely N-dealkylation sites (N-methyl/N-ethyl adjacent to an activating group) is 1. The summed E-state index contributed by atoms with van der Waals surface area (Å²) in [5.74, 6) is 0.488. The zero-order chi connectivity index (χ0) is 14.5. The van der Waals surface area contributed by atoms with Crippen LogP contribution < -0.4 is 10.6 Å². The van der Waals surface area contributed by atoms with Crippen molar-refractivity contribution in [2.75, 3.05) is 32.5 Å². The summed E-state index contributed by atoms with van der Waals surface area (Å²) in [4.78, 5) is 18.5. The van der Waals surface area contributed by atoms with Gasteiger partial charge < -0.3 is 15.5 Å². The molecule has 2 rings (SSSR count). The quantitative estimate of drug-likeness (QED) is 0.834. The Balaban J connectivity index is 1.96. The van der Waals surface area contributed by atoms with E-state index >= 15 is 0 Å². The van der Waals surface area contributed by atoms with Crippen molar-refractivity contribution < 1.29 is 4.79 Å². The van der Waals surface area contributed by atoms with Crippen molar-refractivity contribution in [3.8, 4) is 0 Å². The van der Waals surface area contributed by atoms with Gasteiger partial charge in [-0.3, -0.25) is 4.79 Å². The van der Waals surface area contributed by atoms with Crippen molar-refractivity contribution in [3.05, 3.63) is 22.8 Å². The van der Waals surface area contributed by atoms with E-state index in [1.807, 2.05) is 0 Å². The first-order valence-corrected chi connectivity index (χ1v) is 7.31. The number of carbonyl (C=O) groups excluding carboxylic acids is 1. The van der Waals surface area contributed by atoms with E-state index in [0.717, 1.165) is 13.0 Å². The fourth-order valence-electron chi connectivity index (χ4n) is 2.47. The molecule has 1 fully saturated rings. The number of amides is 1. The summed E-state index contributed by atoms with van der Waals surface area (Å²) < 4.78 is 0. The second kappa shape index (κ2) is 6.90. The summed E-state index contributed by atoms with van der Waals surface area (Å²) in [5, 5.41) is 6.19. The number of likely N-dealkylation sites (tertiary alicyclic amines) is 1. The van der Waals surface area contributed by atoms with Crippen LogP contribution in [0.3, 0.4) is 0 Å². The lowest BCUT2D eigenvalue weighted by molar-refractivity contribution is 0.0928. The lowest BCUT2D eigenvalue weighted by atomic mass is 10.0. The summed E-state index contributed by atoms with van der Waals surface area (Å²) >= 11 is 5.91. The standard InChI is InChI=1S/C14H21ClN4O/c1-16-13-8-10(7-12(15)18-13)14(20)17-9-11-5-3-4-6-19(11)2/h7-8,11H,3-6,9H2,1-2H3,(H,16,18)(H,17,20). The van der Waals surface area contributed by atoms with Crippen LogP contribution in [0.5, 0.6) is 0 Å². The van der Waals surface area contributed by atoms with Crippen LogP contribution in [0.15, 0.2) is 12.1 Å². The zero-order valence-electron chi connectivity index (χ0n) is 11.9. The number of carbonyl (C=O) groups is 1. The molecule has 0 spiro atoms. The third-order valence-corrected chi connectivity index (χ3v) is 3.93.